The molecule has 0 aromatic rings. The normalized spacial score (nSPS) is 41.2. The van der Waals surface area contributed by atoms with Gasteiger partial charge in [-0.25, -0.2) is 0 Å². The SMILES string of the molecule is C[NH+]1CCCC(NC(=O)C2CCC(NC(=O)C34CCC(NC(=O)C5CCC(NC(=O)C6CCC[NH+](C)C6)CC5)(CC3)CC4)CC2)C1. The van der Waals surface area contributed by atoms with Crippen molar-refractivity contribution in [1.29, 1.82) is 0 Å². The van der Waals surface area contributed by atoms with Gasteiger partial charge in [-0.1, -0.05) is 0 Å². The zero-order valence-corrected chi connectivity index (χ0v) is 28.7. The molecule has 6 N–H and O–H groups in total. The van der Waals surface area contributed by atoms with Crippen molar-refractivity contribution in [3.63, 3.8) is 0 Å². The van der Waals surface area contributed by atoms with Gasteiger partial charge in [0.05, 0.1) is 52.2 Å². The number of hydrogen-bond donors (Lipinski definition) is 6. The average Bonchev–Trinajstić information content (AvgIpc) is 3.06. The highest BCUT2D eigenvalue weighted by Crippen LogP contribution is 2.53. The minimum absolute atomic E-state index is 0.0204. The fraction of sp³-hybridized carbons (Fsp3) is 0.889. The molecule has 258 valence electrons. The maximum atomic E-state index is 13.6. The summed E-state index contributed by atoms with van der Waals surface area (Å²) in [7, 11) is 4.37. The number of nitrogens with one attached hydrogen (secondary N) is 6. The Morgan fingerprint density at radius 1 is 0.522 bits per heavy atom. The summed E-state index contributed by atoms with van der Waals surface area (Å²) in [6.45, 7) is 4.29. The summed E-state index contributed by atoms with van der Waals surface area (Å²) in [6.07, 6.45) is 16.4. The number of quaternary nitrogens is 2. The summed E-state index contributed by atoms with van der Waals surface area (Å²) in [5, 5.41) is 13.5. The first-order chi connectivity index (χ1) is 22.1. The second-order valence-corrected chi connectivity index (χ2v) is 16.6. The maximum absolute atomic E-state index is 13.6. The molecule has 0 aromatic carbocycles. The van der Waals surface area contributed by atoms with E-state index in [0.717, 1.165) is 129 Å². The van der Waals surface area contributed by atoms with Gasteiger partial charge in [-0.15, -0.1) is 0 Å². The fourth-order valence-electron chi connectivity index (χ4n) is 9.95. The lowest BCUT2D eigenvalue weighted by atomic mass is 9.56. The zero-order chi connectivity index (χ0) is 32.3. The van der Waals surface area contributed by atoms with Gasteiger partial charge in [0, 0.05) is 34.9 Å². The van der Waals surface area contributed by atoms with Gasteiger partial charge in [0.1, 0.15) is 0 Å². The van der Waals surface area contributed by atoms with Crippen molar-refractivity contribution in [2.45, 2.75) is 139 Å². The summed E-state index contributed by atoms with van der Waals surface area (Å²) in [5.41, 5.74) is -0.472. The van der Waals surface area contributed by atoms with Crippen LogP contribution in [-0.4, -0.2) is 87.6 Å². The van der Waals surface area contributed by atoms with Crippen molar-refractivity contribution in [2.24, 2.45) is 23.2 Å². The van der Waals surface area contributed by atoms with E-state index in [1.54, 1.807) is 0 Å². The van der Waals surface area contributed by atoms with Crippen LogP contribution in [0.25, 0.3) is 0 Å². The number of fused-ring (bicyclic) bond motifs is 3. The first kappa shape index (κ1) is 33.7. The molecule has 2 bridgehead atoms. The molecule has 46 heavy (non-hydrogen) atoms. The van der Waals surface area contributed by atoms with Gasteiger partial charge in [0.25, 0.3) is 0 Å². The van der Waals surface area contributed by atoms with Crippen molar-refractivity contribution in [3.05, 3.63) is 0 Å². The third kappa shape index (κ3) is 7.91. The lowest BCUT2D eigenvalue weighted by Crippen LogP contribution is -3.11. The topological polar surface area (TPSA) is 125 Å². The first-order valence-corrected chi connectivity index (χ1v) is 19.0. The Bertz CT molecular complexity index is 1090. The third-order valence-electron chi connectivity index (χ3n) is 13.2. The molecule has 10 nitrogen and oxygen atoms in total. The van der Waals surface area contributed by atoms with Gasteiger partial charge < -0.3 is 31.1 Å². The van der Waals surface area contributed by atoms with Crippen molar-refractivity contribution in [2.75, 3.05) is 40.3 Å². The van der Waals surface area contributed by atoms with Crippen molar-refractivity contribution >= 4 is 23.6 Å². The largest absolute Gasteiger partial charge is 0.353 e. The van der Waals surface area contributed by atoms with Gasteiger partial charge in [-0.05, 0) is 116 Å². The first-order valence-electron chi connectivity index (χ1n) is 19.0. The van der Waals surface area contributed by atoms with Gasteiger partial charge in [-0.2, -0.15) is 0 Å². The fourth-order valence-corrected chi connectivity index (χ4v) is 9.95. The van der Waals surface area contributed by atoms with Crippen LogP contribution in [0.2, 0.25) is 0 Å². The Balaban J connectivity index is 0.895. The van der Waals surface area contributed by atoms with Crippen LogP contribution in [0.1, 0.15) is 116 Å². The highest BCUT2D eigenvalue weighted by atomic mass is 16.2. The second kappa shape index (κ2) is 14.5. The third-order valence-corrected chi connectivity index (χ3v) is 13.2. The highest BCUT2D eigenvalue weighted by Gasteiger charge is 2.53. The van der Waals surface area contributed by atoms with E-state index in [0.29, 0.717) is 6.04 Å². The Kier molecular flexibility index (Phi) is 10.6. The number of piperidine rings is 2. The van der Waals surface area contributed by atoms with Crippen LogP contribution in [0.15, 0.2) is 0 Å². The van der Waals surface area contributed by atoms with Gasteiger partial charge in [0.15, 0.2) is 0 Å². The van der Waals surface area contributed by atoms with Crippen LogP contribution < -0.4 is 31.1 Å². The maximum Gasteiger partial charge on any atom is 0.229 e. The number of rotatable bonds is 8. The van der Waals surface area contributed by atoms with Gasteiger partial charge in [-0.3, -0.25) is 19.2 Å². The molecular weight excluding hydrogens is 580 g/mol. The number of likely N-dealkylation sites (tertiary alicyclic amines) is 2. The minimum atomic E-state index is -0.305. The number of likely N-dealkylation sites (N-methyl/N-ethyl adjacent to an activating group) is 1. The predicted octanol–water partition coefficient (Wildman–Crippen LogP) is 0.264. The van der Waals surface area contributed by atoms with E-state index in [1.807, 2.05) is 0 Å². The molecule has 0 radical (unpaired) electrons. The molecule has 7 aliphatic rings. The van der Waals surface area contributed by atoms with Gasteiger partial charge >= 0.3 is 0 Å². The molecule has 5 aliphatic carbocycles. The summed E-state index contributed by atoms with van der Waals surface area (Å²) >= 11 is 0. The molecular formula is C36H62N6O4+2. The highest BCUT2D eigenvalue weighted by molar-refractivity contribution is 5.84. The summed E-state index contributed by atoms with van der Waals surface area (Å²) in [6, 6.07) is 0.655. The Morgan fingerprint density at radius 3 is 1.61 bits per heavy atom. The molecule has 0 spiro atoms. The Morgan fingerprint density at radius 2 is 1.02 bits per heavy atom. The van der Waals surface area contributed by atoms with Crippen LogP contribution >= 0.6 is 0 Å². The minimum Gasteiger partial charge on any atom is -0.353 e. The zero-order valence-electron chi connectivity index (χ0n) is 28.7. The van der Waals surface area contributed by atoms with Crippen molar-refractivity contribution < 1.29 is 29.0 Å². The van der Waals surface area contributed by atoms with Crippen LogP contribution in [0.5, 0.6) is 0 Å². The molecule has 2 heterocycles. The molecule has 5 saturated carbocycles. The molecule has 2 aliphatic heterocycles. The van der Waals surface area contributed by atoms with Crippen LogP contribution in [0.4, 0.5) is 0 Å². The lowest BCUT2D eigenvalue weighted by molar-refractivity contribution is -0.887. The van der Waals surface area contributed by atoms with E-state index in [2.05, 4.69) is 35.4 Å². The molecule has 10 heteroatoms. The Labute approximate surface area is 276 Å². The van der Waals surface area contributed by atoms with Crippen LogP contribution in [0, 0.1) is 23.2 Å². The molecule has 7 rings (SSSR count). The number of carbonyl (C=O) groups excluding carboxylic acids is 4. The van der Waals surface area contributed by atoms with E-state index >= 15 is 0 Å². The van der Waals surface area contributed by atoms with E-state index in [9.17, 15) is 19.2 Å². The predicted molar refractivity (Wildman–Crippen MR) is 176 cm³/mol. The van der Waals surface area contributed by atoms with Crippen LogP contribution in [-0.2, 0) is 19.2 Å². The number of carbonyl (C=O) groups is 4. The van der Waals surface area contributed by atoms with Crippen molar-refractivity contribution in [1.82, 2.24) is 21.3 Å². The number of hydrogen-bond acceptors (Lipinski definition) is 4. The summed E-state index contributed by atoms with van der Waals surface area (Å²) < 4.78 is 0. The summed E-state index contributed by atoms with van der Waals surface area (Å²) in [5.74, 6) is 1.02. The van der Waals surface area contributed by atoms with E-state index in [1.165, 1.54) is 22.8 Å². The number of amides is 4. The monoisotopic (exact) mass is 642 g/mol. The second-order valence-electron chi connectivity index (χ2n) is 16.6. The Hall–Kier alpha value is -2.20. The molecule has 2 saturated heterocycles. The standard InChI is InChI=1S/C36H60N6O4/c1-41-21-3-5-27(23-41)32(44)37-28-11-9-26(10-12-28)33(45)40-36-18-15-35(16-19-36,17-20-36)34(46)39-29-13-7-25(8-14-29)31(43)38-30-6-4-22-42(2)24-30/h25-30H,3-24H2,1-2H3,(H,37,44)(H,38,43)(H,39,46)(H,40,45)/p+2. The van der Waals surface area contributed by atoms with E-state index in [4.69, 9.17) is 0 Å². The van der Waals surface area contributed by atoms with E-state index in [-0.39, 0.29) is 64.4 Å². The van der Waals surface area contributed by atoms with Gasteiger partial charge in [0.2, 0.25) is 23.6 Å². The smallest absolute Gasteiger partial charge is 0.229 e. The lowest BCUT2D eigenvalue weighted by Gasteiger charge is -2.53. The quantitative estimate of drug-likeness (QED) is 0.227. The molecule has 7 fully saturated rings. The van der Waals surface area contributed by atoms with Crippen LogP contribution in [0.3, 0.4) is 0 Å². The average molecular weight is 643 g/mol. The molecule has 0 aromatic heterocycles. The summed E-state index contributed by atoms with van der Waals surface area (Å²) in [4.78, 5) is 55.7. The molecule has 4 atom stereocenters. The molecule has 4 unspecified atom stereocenters. The molecule has 4 amide bonds. The van der Waals surface area contributed by atoms with Crippen molar-refractivity contribution in [3.8, 4) is 0 Å². The van der Waals surface area contributed by atoms with E-state index < -0.39 is 0 Å².